The molecule has 2 aromatic rings. The highest BCUT2D eigenvalue weighted by molar-refractivity contribution is 5.45. The first kappa shape index (κ1) is 15.2. The second kappa shape index (κ2) is 6.18. The fraction of sp³-hybridized carbons (Fsp3) is 0.667. The van der Waals surface area contributed by atoms with Crippen LogP contribution in [0, 0.1) is 0 Å². The van der Waals surface area contributed by atoms with Gasteiger partial charge in [0.05, 0.1) is 0 Å². The smallest absolute Gasteiger partial charge is 0.254 e. The summed E-state index contributed by atoms with van der Waals surface area (Å²) < 4.78 is 7.30. The molecule has 1 fully saturated rings. The van der Waals surface area contributed by atoms with Crippen molar-refractivity contribution in [2.75, 3.05) is 39.2 Å². The number of hydrogen-bond acceptors (Lipinski definition) is 6. The van der Waals surface area contributed by atoms with Crippen molar-refractivity contribution < 1.29 is 4.74 Å². The second-order valence-electron chi connectivity index (χ2n) is 6.04. The minimum atomic E-state index is 0.112. The van der Waals surface area contributed by atoms with E-state index in [1.807, 2.05) is 0 Å². The molecule has 0 radical (unpaired) electrons. The van der Waals surface area contributed by atoms with Crippen LogP contribution >= 0.6 is 0 Å². The third kappa shape index (κ3) is 2.78. The molecule has 1 N–H and O–H groups in total. The van der Waals surface area contributed by atoms with Gasteiger partial charge >= 0.3 is 0 Å². The molecule has 22 heavy (non-hydrogen) atoms. The Bertz CT molecular complexity index is 632. The molecule has 1 saturated heterocycles. The van der Waals surface area contributed by atoms with Crippen LogP contribution in [0.4, 0.5) is 5.82 Å². The lowest BCUT2D eigenvalue weighted by Crippen LogP contribution is -2.53. The molecule has 0 aliphatic carbocycles. The molecule has 7 nitrogen and oxygen atoms in total. The molecule has 3 heterocycles. The van der Waals surface area contributed by atoms with Crippen LogP contribution in [0.5, 0.6) is 0 Å². The Kier molecular flexibility index (Phi) is 4.26. The van der Waals surface area contributed by atoms with Crippen molar-refractivity contribution in [2.45, 2.75) is 31.7 Å². The summed E-state index contributed by atoms with van der Waals surface area (Å²) in [6.45, 7) is 4.58. The summed E-state index contributed by atoms with van der Waals surface area (Å²) in [6.07, 6.45) is 4.48. The van der Waals surface area contributed by atoms with Gasteiger partial charge in [0.15, 0.2) is 0 Å². The number of hydrogen-bond donors (Lipinski definition) is 1. The highest BCUT2D eigenvalue weighted by Crippen LogP contribution is 2.26. The molecule has 0 saturated carbocycles. The Morgan fingerprint density at radius 3 is 2.82 bits per heavy atom. The molecule has 1 aliphatic rings. The molecule has 0 aromatic carbocycles. The van der Waals surface area contributed by atoms with E-state index in [4.69, 9.17) is 4.74 Å². The summed E-state index contributed by atoms with van der Waals surface area (Å²) in [4.78, 5) is 11.0. The van der Waals surface area contributed by atoms with E-state index in [2.05, 4.69) is 52.4 Å². The predicted molar refractivity (Wildman–Crippen MR) is 85.1 cm³/mol. The number of anilines is 1. The summed E-state index contributed by atoms with van der Waals surface area (Å²) in [5.74, 6) is 1.60. The summed E-state index contributed by atoms with van der Waals surface area (Å²) in [6, 6.07) is 2.06. The van der Waals surface area contributed by atoms with Crippen LogP contribution < -0.4 is 5.32 Å². The van der Waals surface area contributed by atoms with Crippen molar-refractivity contribution in [3.05, 3.63) is 18.1 Å². The van der Waals surface area contributed by atoms with Gasteiger partial charge in [-0.05, 0) is 33.4 Å². The van der Waals surface area contributed by atoms with Gasteiger partial charge in [-0.3, -0.25) is 0 Å². The average Bonchev–Trinajstić information content (AvgIpc) is 3.01. The standard InChI is InChI=1S/C15H24N6O/c1-4-12-9-13(21-14(19-12)17-11-18-21)16-10-15(20(2)3)5-7-22-8-6-15/h9,11,16H,4-8,10H2,1-3H3. The van der Waals surface area contributed by atoms with E-state index >= 15 is 0 Å². The maximum atomic E-state index is 5.53. The minimum Gasteiger partial charge on any atom is -0.381 e. The number of rotatable bonds is 5. The molecule has 0 unspecified atom stereocenters. The van der Waals surface area contributed by atoms with Crippen LogP contribution in [0.1, 0.15) is 25.5 Å². The van der Waals surface area contributed by atoms with Crippen molar-refractivity contribution in [3.63, 3.8) is 0 Å². The largest absolute Gasteiger partial charge is 0.381 e. The molecule has 0 spiro atoms. The fourth-order valence-electron chi connectivity index (χ4n) is 2.96. The van der Waals surface area contributed by atoms with E-state index in [0.717, 1.165) is 50.5 Å². The van der Waals surface area contributed by atoms with Crippen LogP contribution in [0.15, 0.2) is 12.4 Å². The normalized spacial score (nSPS) is 18.0. The molecule has 2 aromatic heterocycles. The van der Waals surface area contributed by atoms with E-state index < -0.39 is 0 Å². The Balaban J connectivity index is 1.84. The van der Waals surface area contributed by atoms with E-state index in [0.29, 0.717) is 5.78 Å². The SMILES string of the molecule is CCc1cc(NCC2(N(C)C)CCOCC2)n2ncnc2n1. The van der Waals surface area contributed by atoms with E-state index in [-0.39, 0.29) is 5.54 Å². The highest BCUT2D eigenvalue weighted by Gasteiger charge is 2.34. The number of likely N-dealkylation sites (N-methyl/N-ethyl adjacent to an activating group) is 1. The van der Waals surface area contributed by atoms with Gasteiger partial charge < -0.3 is 15.0 Å². The van der Waals surface area contributed by atoms with Crippen molar-refractivity contribution in [2.24, 2.45) is 0 Å². The van der Waals surface area contributed by atoms with E-state index in [1.54, 1.807) is 10.8 Å². The summed E-state index contributed by atoms with van der Waals surface area (Å²) >= 11 is 0. The van der Waals surface area contributed by atoms with Gasteiger partial charge in [0.2, 0.25) is 0 Å². The topological polar surface area (TPSA) is 67.6 Å². The van der Waals surface area contributed by atoms with Gasteiger partial charge in [-0.1, -0.05) is 6.92 Å². The van der Waals surface area contributed by atoms with Gasteiger partial charge in [-0.2, -0.15) is 14.6 Å². The van der Waals surface area contributed by atoms with Crippen molar-refractivity contribution >= 4 is 11.6 Å². The molecular formula is C15H24N6O. The summed E-state index contributed by atoms with van der Waals surface area (Å²) in [5, 5.41) is 7.83. The van der Waals surface area contributed by atoms with E-state index in [9.17, 15) is 0 Å². The second-order valence-corrected chi connectivity index (χ2v) is 6.04. The molecule has 7 heteroatoms. The number of ether oxygens (including phenoxy) is 1. The monoisotopic (exact) mass is 304 g/mol. The Labute approximate surface area is 130 Å². The van der Waals surface area contributed by atoms with Gasteiger partial charge in [0.25, 0.3) is 5.78 Å². The number of fused-ring (bicyclic) bond motifs is 1. The number of aryl methyl sites for hydroxylation is 1. The maximum absolute atomic E-state index is 5.53. The van der Waals surface area contributed by atoms with Crippen molar-refractivity contribution in [1.82, 2.24) is 24.5 Å². The van der Waals surface area contributed by atoms with Gasteiger partial charge in [-0.15, -0.1) is 0 Å². The molecule has 120 valence electrons. The number of nitrogens with zero attached hydrogens (tertiary/aromatic N) is 5. The molecule has 3 rings (SSSR count). The average molecular weight is 304 g/mol. The minimum absolute atomic E-state index is 0.112. The van der Waals surface area contributed by atoms with Gasteiger partial charge in [0.1, 0.15) is 12.1 Å². The Morgan fingerprint density at radius 1 is 1.36 bits per heavy atom. The first-order valence-corrected chi connectivity index (χ1v) is 7.83. The van der Waals surface area contributed by atoms with E-state index in [1.165, 1.54) is 0 Å². The lowest BCUT2D eigenvalue weighted by molar-refractivity contribution is -0.000682. The quantitative estimate of drug-likeness (QED) is 0.895. The summed E-state index contributed by atoms with van der Waals surface area (Å²) in [5.41, 5.74) is 1.13. The van der Waals surface area contributed by atoms with Gasteiger partial charge in [0, 0.05) is 37.1 Å². The third-order valence-electron chi connectivity index (χ3n) is 4.64. The van der Waals surface area contributed by atoms with Crippen LogP contribution in [-0.4, -0.2) is 63.9 Å². The number of nitrogens with one attached hydrogen (secondary N) is 1. The zero-order valence-corrected chi connectivity index (χ0v) is 13.5. The molecule has 0 amide bonds. The first-order valence-electron chi connectivity index (χ1n) is 7.83. The predicted octanol–water partition coefficient (Wildman–Crippen LogP) is 1.21. The Morgan fingerprint density at radius 2 is 2.14 bits per heavy atom. The third-order valence-corrected chi connectivity index (χ3v) is 4.64. The van der Waals surface area contributed by atoms with Crippen LogP contribution in [-0.2, 0) is 11.2 Å². The highest BCUT2D eigenvalue weighted by atomic mass is 16.5. The van der Waals surface area contributed by atoms with Crippen molar-refractivity contribution in [1.29, 1.82) is 0 Å². The van der Waals surface area contributed by atoms with Crippen LogP contribution in [0.2, 0.25) is 0 Å². The molecular weight excluding hydrogens is 280 g/mol. The maximum Gasteiger partial charge on any atom is 0.254 e. The molecule has 0 bridgehead atoms. The van der Waals surface area contributed by atoms with Crippen LogP contribution in [0.3, 0.4) is 0 Å². The zero-order chi connectivity index (χ0) is 15.6. The fourth-order valence-corrected chi connectivity index (χ4v) is 2.96. The lowest BCUT2D eigenvalue weighted by Gasteiger charge is -2.43. The molecule has 1 aliphatic heterocycles. The first-order chi connectivity index (χ1) is 10.6. The van der Waals surface area contributed by atoms with Gasteiger partial charge in [-0.25, -0.2) is 4.98 Å². The van der Waals surface area contributed by atoms with Crippen LogP contribution in [0.25, 0.3) is 5.78 Å². The Hall–Kier alpha value is -1.73. The lowest BCUT2D eigenvalue weighted by atomic mass is 9.88. The summed E-state index contributed by atoms with van der Waals surface area (Å²) in [7, 11) is 4.28. The molecule has 0 atom stereocenters. The number of aromatic nitrogens is 4. The van der Waals surface area contributed by atoms with Crippen molar-refractivity contribution in [3.8, 4) is 0 Å². The zero-order valence-electron chi connectivity index (χ0n) is 13.5.